The number of aliphatic imine (C=N–C) groups is 1. The third kappa shape index (κ3) is 5.04. The molecule has 1 saturated heterocycles. The van der Waals surface area contributed by atoms with Gasteiger partial charge in [-0.05, 0) is 25.2 Å². The first-order valence-electron chi connectivity index (χ1n) is 7.49. The van der Waals surface area contributed by atoms with Gasteiger partial charge >= 0.3 is 0 Å². The van der Waals surface area contributed by atoms with Crippen molar-refractivity contribution in [3.8, 4) is 0 Å². The van der Waals surface area contributed by atoms with E-state index in [4.69, 9.17) is 15.2 Å². The number of ether oxygens (including phenoxy) is 2. The van der Waals surface area contributed by atoms with Crippen molar-refractivity contribution in [3.63, 3.8) is 0 Å². The lowest BCUT2D eigenvalue weighted by Gasteiger charge is -2.34. The Bertz CT molecular complexity index is 318. The number of guanidine groups is 1. The fraction of sp³-hybridized carbons (Fsp3) is 0.929. The van der Waals surface area contributed by atoms with Crippen LogP contribution in [0.15, 0.2) is 4.99 Å². The highest BCUT2D eigenvalue weighted by molar-refractivity contribution is 14.0. The number of nitrogens with one attached hydrogen (secondary N) is 1. The molecule has 0 aromatic carbocycles. The second-order valence-electron chi connectivity index (χ2n) is 5.80. The van der Waals surface area contributed by atoms with Crippen molar-refractivity contribution in [2.24, 2.45) is 16.6 Å². The fourth-order valence-corrected chi connectivity index (χ4v) is 2.68. The average Bonchev–Trinajstić information content (AvgIpc) is 2.81. The molecule has 0 aromatic heterocycles. The lowest BCUT2D eigenvalue weighted by atomic mass is 9.86. The van der Waals surface area contributed by atoms with Crippen LogP contribution in [0.1, 0.15) is 46.0 Å². The van der Waals surface area contributed by atoms with Crippen LogP contribution in [0.2, 0.25) is 0 Å². The summed E-state index contributed by atoms with van der Waals surface area (Å²) in [4.78, 5) is 4.31. The zero-order valence-electron chi connectivity index (χ0n) is 12.6. The molecule has 1 aliphatic heterocycles. The standard InChI is InChI=1S/C14H27N3O2.HI/c1-3-8-16-13(15)17-9-12-10-18-14(19-12)6-4-11(2)5-7-14;/h11-12H,3-10H2,1-2H3,(H3,15,16,17);1H. The van der Waals surface area contributed by atoms with Crippen molar-refractivity contribution in [2.45, 2.75) is 57.8 Å². The molecule has 0 bridgehead atoms. The first-order chi connectivity index (χ1) is 9.13. The SMILES string of the molecule is CCCNC(N)=NCC1COC2(CCC(C)CC2)O1.I. The van der Waals surface area contributed by atoms with Gasteiger partial charge in [-0.25, -0.2) is 0 Å². The molecule has 0 amide bonds. The van der Waals surface area contributed by atoms with E-state index in [9.17, 15) is 0 Å². The minimum Gasteiger partial charge on any atom is -0.370 e. The molecule has 1 saturated carbocycles. The van der Waals surface area contributed by atoms with E-state index in [0.29, 0.717) is 19.1 Å². The monoisotopic (exact) mass is 397 g/mol. The second-order valence-corrected chi connectivity index (χ2v) is 5.80. The van der Waals surface area contributed by atoms with Crippen LogP contribution in [-0.2, 0) is 9.47 Å². The van der Waals surface area contributed by atoms with Crippen molar-refractivity contribution in [1.82, 2.24) is 5.32 Å². The number of hydrogen-bond donors (Lipinski definition) is 2. The number of nitrogens with two attached hydrogens (primary N) is 1. The Hall–Kier alpha value is -0.0800. The minimum absolute atomic E-state index is 0. The highest BCUT2D eigenvalue weighted by atomic mass is 127. The third-order valence-corrected chi connectivity index (χ3v) is 3.97. The van der Waals surface area contributed by atoms with Crippen molar-refractivity contribution < 1.29 is 9.47 Å². The molecule has 20 heavy (non-hydrogen) atoms. The van der Waals surface area contributed by atoms with Gasteiger partial charge in [-0.2, -0.15) is 0 Å². The van der Waals surface area contributed by atoms with E-state index in [-0.39, 0.29) is 35.9 Å². The maximum Gasteiger partial charge on any atom is 0.188 e. The smallest absolute Gasteiger partial charge is 0.188 e. The summed E-state index contributed by atoms with van der Waals surface area (Å²) < 4.78 is 12.0. The molecular formula is C14H28IN3O2. The van der Waals surface area contributed by atoms with Gasteiger partial charge in [0.15, 0.2) is 11.7 Å². The molecule has 5 nitrogen and oxygen atoms in total. The molecular weight excluding hydrogens is 369 g/mol. The molecule has 2 aliphatic rings. The fourth-order valence-electron chi connectivity index (χ4n) is 2.68. The van der Waals surface area contributed by atoms with Gasteiger partial charge < -0.3 is 20.5 Å². The Balaban J connectivity index is 0.00000200. The highest BCUT2D eigenvalue weighted by Crippen LogP contribution is 2.39. The minimum atomic E-state index is -0.321. The largest absolute Gasteiger partial charge is 0.370 e. The Morgan fingerprint density at radius 1 is 1.40 bits per heavy atom. The van der Waals surface area contributed by atoms with E-state index in [1.54, 1.807) is 0 Å². The maximum absolute atomic E-state index is 6.08. The van der Waals surface area contributed by atoms with Crippen LogP contribution in [0.4, 0.5) is 0 Å². The Morgan fingerprint density at radius 3 is 2.75 bits per heavy atom. The Morgan fingerprint density at radius 2 is 2.10 bits per heavy atom. The number of rotatable bonds is 4. The average molecular weight is 397 g/mol. The van der Waals surface area contributed by atoms with Crippen LogP contribution < -0.4 is 11.1 Å². The van der Waals surface area contributed by atoms with Crippen molar-refractivity contribution in [2.75, 3.05) is 19.7 Å². The topological polar surface area (TPSA) is 68.9 Å². The molecule has 1 aliphatic carbocycles. The van der Waals surface area contributed by atoms with Crippen molar-refractivity contribution in [3.05, 3.63) is 0 Å². The normalized spacial score (nSPS) is 34.0. The molecule has 0 radical (unpaired) electrons. The molecule has 1 atom stereocenters. The van der Waals surface area contributed by atoms with Gasteiger partial charge in [-0.1, -0.05) is 13.8 Å². The van der Waals surface area contributed by atoms with Gasteiger partial charge in [0.1, 0.15) is 6.10 Å². The van der Waals surface area contributed by atoms with E-state index in [0.717, 1.165) is 31.7 Å². The molecule has 1 spiro atoms. The summed E-state index contributed by atoms with van der Waals surface area (Å²) in [5.41, 5.74) is 5.77. The quantitative estimate of drug-likeness (QED) is 0.434. The van der Waals surface area contributed by atoms with Crippen LogP contribution in [0.5, 0.6) is 0 Å². The summed E-state index contributed by atoms with van der Waals surface area (Å²) in [6, 6.07) is 0. The third-order valence-electron chi connectivity index (χ3n) is 3.97. The molecule has 2 rings (SSSR count). The molecule has 2 fully saturated rings. The molecule has 1 unspecified atom stereocenters. The summed E-state index contributed by atoms with van der Waals surface area (Å²) in [5, 5.41) is 3.06. The molecule has 6 heteroatoms. The Labute approximate surface area is 139 Å². The van der Waals surface area contributed by atoms with Gasteiger partial charge in [0, 0.05) is 19.4 Å². The van der Waals surface area contributed by atoms with Crippen LogP contribution in [0, 0.1) is 5.92 Å². The van der Waals surface area contributed by atoms with E-state index in [2.05, 4.69) is 24.2 Å². The maximum atomic E-state index is 6.08. The molecule has 1 heterocycles. The lowest BCUT2D eigenvalue weighted by molar-refractivity contribution is -0.190. The van der Waals surface area contributed by atoms with Crippen LogP contribution in [0.25, 0.3) is 0 Å². The summed E-state index contributed by atoms with van der Waals surface area (Å²) in [7, 11) is 0. The molecule has 0 aromatic rings. The van der Waals surface area contributed by atoms with Crippen LogP contribution in [-0.4, -0.2) is 37.5 Å². The van der Waals surface area contributed by atoms with Crippen LogP contribution >= 0.6 is 24.0 Å². The highest BCUT2D eigenvalue weighted by Gasteiger charge is 2.43. The van der Waals surface area contributed by atoms with E-state index < -0.39 is 0 Å². The van der Waals surface area contributed by atoms with Crippen LogP contribution in [0.3, 0.4) is 0 Å². The van der Waals surface area contributed by atoms with Gasteiger partial charge in [0.25, 0.3) is 0 Å². The summed E-state index contributed by atoms with van der Waals surface area (Å²) in [6.45, 7) is 6.48. The summed E-state index contributed by atoms with van der Waals surface area (Å²) >= 11 is 0. The van der Waals surface area contributed by atoms with Gasteiger partial charge in [0.05, 0.1) is 13.2 Å². The van der Waals surface area contributed by atoms with Gasteiger partial charge in [-0.3, -0.25) is 4.99 Å². The lowest BCUT2D eigenvalue weighted by Crippen LogP contribution is -2.36. The Kier molecular flexibility index (Phi) is 7.53. The molecule has 3 N–H and O–H groups in total. The van der Waals surface area contributed by atoms with Crippen molar-refractivity contribution in [1.29, 1.82) is 0 Å². The summed E-state index contributed by atoms with van der Waals surface area (Å²) in [5.74, 6) is 0.977. The predicted octanol–water partition coefficient (Wildman–Crippen LogP) is 2.24. The predicted molar refractivity (Wildman–Crippen MR) is 91.4 cm³/mol. The number of hydrogen-bond acceptors (Lipinski definition) is 3. The van der Waals surface area contributed by atoms with Crippen molar-refractivity contribution >= 4 is 29.9 Å². The van der Waals surface area contributed by atoms with Gasteiger partial charge in [0.2, 0.25) is 0 Å². The summed E-state index contributed by atoms with van der Waals surface area (Å²) in [6.07, 6.45) is 5.50. The zero-order chi connectivity index (χ0) is 13.7. The van der Waals surface area contributed by atoms with E-state index >= 15 is 0 Å². The molecule has 118 valence electrons. The zero-order valence-corrected chi connectivity index (χ0v) is 14.9. The second kappa shape index (κ2) is 8.38. The van der Waals surface area contributed by atoms with E-state index in [1.807, 2.05) is 0 Å². The number of halogens is 1. The number of nitrogens with zero attached hydrogens (tertiary/aromatic N) is 1. The first kappa shape index (κ1) is 18.0. The first-order valence-corrected chi connectivity index (χ1v) is 7.49. The van der Waals surface area contributed by atoms with E-state index in [1.165, 1.54) is 12.8 Å². The van der Waals surface area contributed by atoms with Gasteiger partial charge in [-0.15, -0.1) is 24.0 Å².